The van der Waals surface area contributed by atoms with Crippen LogP contribution in [0.1, 0.15) is 56.9 Å². The maximum absolute atomic E-state index is 4.66. The second kappa shape index (κ2) is 7.13. The molecular weight excluding hydrogens is 524 g/mol. The quantitative estimate of drug-likeness (QED) is 0.424. The van der Waals surface area contributed by atoms with Crippen molar-refractivity contribution in [2.45, 2.75) is 58.8 Å². The number of nitrogens with zero attached hydrogens (tertiary/aromatic N) is 4. The van der Waals surface area contributed by atoms with Crippen molar-refractivity contribution in [2.24, 2.45) is 0 Å². The average Bonchev–Trinajstić information content (AvgIpc) is 2.78. The van der Waals surface area contributed by atoms with Gasteiger partial charge in [-0.15, -0.1) is 34.9 Å². The van der Waals surface area contributed by atoms with E-state index in [1.807, 2.05) is 32.2 Å². The molecule has 4 nitrogen and oxygen atoms in total. The van der Waals surface area contributed by atoms with E-state index in [2.05, 4.69) is 65.8 Å². The van der Waals surface area contributed by atoms with Crippen molar-refractivity contribution in [2.75, 3.05) is 0 Å². The summed E-state index contributed by atoms with van der Waals surface area (Å²) in [5.74, 6) is 2.11. The summed E-state index contributed by atoms with van der Waals surface area (Å²) >= 11 is 0. The summed E-state index contributed by atoms with van der Waals surface area (Å²) in [7, 11) is 0. The van der Waals surface area contributed by atoms with E-state index in [1.165, 1.54) is 11.1 Å². The summed E-state index contributed by atoms with van der Waals surface area (Å²) in [5, 5.41) is 0. The normalized spacial score (nSPS) is 16.4. The average molecular weight is 550 g/mol. The molecule has 1 aliphatic rings. The molecule has 0 bridgehead atoms. The number of pyridine rings is 1. The molecule has 4 rings (SSSR count). The topological polar surface area (TPSA) is 51.6 Å². The maximum Gasteiger partial charge on any atom is 0.164 e. The predicted molar refractivity (Wildman–Crippen MR) is 107 cm³/mol. The zero-order valence-corrected chi connectivity index (χ0v) is 19.6. The molecule has 0 unspecified atom stereocenters. The molecule has 3 aromatic rings. The molecule has 0 aliphatic heterocycles. The van der Waals surface area contributed by atoms with E-state index in [0.29, 0.717) is 5.82 Å². The van der Waals surface area contributed by atoms with E-state index in [-0.39, 0.29) is 30.9 Å². The summed E-state index contributed by atoms with van der Waals surface area (Å²) in [5.41, 5.74) is 6.04. The van der Waals surface area contributed by atoms with Crippen LogP contribution < -0.4 is 0 Å². The van der Waals surface area contributed by atoms with Crippen molar-refractivity contribution in [1.29, 1.82) is 0 Å². The van der Waals surface area contributed by atoms with E-state index in [1.54, 1.807) is 0 Å². The van der Waals surface area contributed by atoms with E-state index in [4.69, 9.17) is 0 Å². The van der Waals surface area contributed by atoms with Crippen LogP contribution in [0.25, 0.3) is 22.6 Å². The first-order valence-electron chi connectivity index (χ1n) is 9.38. The van der Waals surface area contributed by atoms with E-state index in [9.17, 15) is 0 Å². The first-order valence-corrected chi connectivity index (χ1v) is 9.38. The monoisotopic (exact) mass is 550 g/mol. The Kier molecular flexibility index (Phi) is 5.28. The first kappa shape index (κ1) is 20.8. The van der Waals surface area contributed by atoms with Crippen LogP contribution in [0.2, 0.25) is 0 Å². The van der Waals surface area contributed by atoms with Crippen LogP contribution in [0.4, 0.5) is 0 Å². The Morgan fingerprint density at radius 1 is 0.893 bits per heavy atom. The smallest absolute Gasteiger partial charge is 0.164 e. The van der Waals surface area contributed by atoms with Gasteiger partial charge in [-0.25, -0.2) is 15.0 Å². The molecule has 0 N–H and O–H groups in total. The number of rotatable bonds is 2. The molecule has 2 heterocycles. The Labute approximate surface area is 180 Å². The second-order valence-electron chi connectivity index (χ2n) is 8.80. The molecule has 28 heavy (non-hydrogen) atoms. The van der Waals surface area contributed by atoms with E-state index in [0.717, 1.165) is 34.9 Å². The third kappa shape index (κ3) is 3.66. The van der Waals surface area contributed by atoms with Gasteiger partial charge in [-0.3, -0.25) is 0 Å². The van der Waals surface area contributed by atoms with Crippen molar-refractivity contribution >= 4 is 0 Å². The Morgan fingerprint density at radius 2 is 1.54 bits per heavy atom. The van der Waals surface area contributed by atoms with Gasteiger partial charge >= 0.3 is 0 Å². The third-order valence-electron chi connectivity index (χ3n) is 5.45. The molecule has 1 radical (unpaired) electrons. The Balaban J connectivity index is 0.00000225. The van der Waals surface area contributed by atoms with Gasteiger partial charge in [0, 0.05) is 31.9 Å². The van der Waals surface area contributed by atoms with Crippen LogP contribution in [0.3, 0.4) is 0 Å². The van der Waals surface area contributed by atoms with Crippen LogP contribution in [0.15, 0.2) is 30.5 Å². The predicted octanol–water partition coefficient (Wildman–Crippen LogP) is 4.97. The van der Waals surface area contributed by atoms with Gasteiger partial charge in [-0.1, -0.05) is 39.8 Å². The van der Waals surface area contributed by atoms with Gasteiger partial charge in [0.2, 0.25) is 0 Å². The number of hydrogen-bond donors (Lipinski definition) is 0. The van der Waals surface area contributed by atoms with Crippen molar-refractivity contribution in [3.05, 3.63) is 59.3 Å². The Hall–Kier alpha value is -1.97. The SMILES string of the molecule is Cc1nc(C)nc(-c2ccc(-c3[c-]cc4c(c3)C(C)(C)CC4(C)C)nc2)n1.[Ir]. The zero-order valence-electron chi connectivity index (χ0n) is 17.2. The minimum absolute atomic E-state index is 0. The molecule has 2 aromatic heterocycles. The molecular formula is C23H25IrN4-. The molecule has 0 fully saturated rings. The molecule has 1 aromatic carbocycles. The van der Waals surface area contributed by atoms with Crippen LogP contribution in [-0.2, 0) is 30.9 Å². The van der Waals surface area contributed by atoms with Gasteiger partial charge in [0.25, 0.3) is 0 Å². The Morgan fingerprint density at radius 3 is 2.14 bits per heavy atom. The van der Waals surface area contributed by atoms with Gasteiger partial charge in [0.05, 0.1) is 0 Å². The fourth-order valence-corrected chi connectivity index (χ4v) is 4.48. The van der Waals surface area contributed by atoms with Gasteiger partial charge in [-0.05, 0) is 36.8 Å². The number of aromatic nitrogens is 4. The third-order valence-corrected chi connectivity index (χ3v) is 5.45. The molecule has 5 heteroatoms. The van der Waals surface area contributed by atoms with Crippen molar-refractivity contribution in [3.63, 3.8) is 0 Å². The fraction of sp³-hybridized carbons (Fsp3) is 0.391. The number of benzene rings is 1. The molecule has 1 aliphatic carbocycles. The number of hydrogen-bond acceptors (Lipinski definition) is 4. The number of fused-ring (bicyclic) bond motifs is 1. The van der Waals surface area contributed by atoms with Crippen molar-refractivity contribution < 1.29 is 20.1 Å². The molecule has 147 valence electrons. The minimum atomic E-state index is 0. The molecule has 0 atom stereocenters. The van der Waals surface area contributed by atoms with Crippen molar-refractivity contribution in [1.82, 2.24) is 19.9 Å². The van der Waals surface area contributed by atoms with E-state index >= 15 is 0 Å². The van der Waals surface area contributed by atoms with Crippen molar-refractivity contribution in [3.8, 4) is 22.6 Å². The summed E-state index contributed by atoms with van der Waals surface area (Å²) in [6.07, 6.45) is 2.98. The summed E-state index contributed by atoms with van der Waals surface area (Å²) in [6.45, 7) is 13.0. The summed E-state index contributed by atoms with van der Waals surface area (Å²) in [6, 6.07) is 11.9. The van der Waals surface area contributed by atoms with E-state index < -0.39 is 0 Å². The van der Waals surface area contributed by atoms with Crippen LogP contribution in [-0.4, -0.2) is 19.9 Å². The standard InChI is InChI=1S/C23H25N4.Ir/c1-14-25-15(2)27-21(26-14)17-8-10-20(24-12-17)16-7-9-18-19(11-16)23(5,6)13-22(18,3)4;/h8-12H,13H2,1-6H3;/q-1;. The van der Waals surface area contributed by atoms with Gasteiger partial charge in [0.1, 0.15) is 11.6 Å². The summed E-state index contributed by atoms with van der Waals surface area (Å²) in [4.78, 5) is 17.7. The van der Waals surface area contributed by atoms with Crippen LogP contribution in [0.5, 0.6) is 0 Å². The summed E-state index contributed by atoms with van der Waals surface area (Å²) < 4.78 is 0. The van der Waals surface area contributed by atoms with Gasteiger partial charge < -0.3 is 4.98 Å². The zero-order chi connectivity index (χ0) is 19.4. The maximum atomic E-state index is 4.66. The first-order chi connectivity index (χ1) is 12.7. The molecule has 0 amide bonds. The second-order valence-corrected chi connectivity index (χ2v) is 8.80. The van der Waals surface area contributed by atoms with Crippen LogP contribution >= 0.6 is 0 Å². The van der Waals surface area contributed by atoms with Gasteiger partial charge in [-0.2, -0.15) is 0 Å². The molecule has 0 saturated carbocycles. The van der Waals surface area contributed by atoms with Gasteiger partial charge in [0.15, 0.2) is 5.82 Å². The Bertz CT molecular complexity index is 1000. The largest absolute Gasteiger partial charge is 0.304 e. The number of aryl methyl sites for hydroxylation is 2. The molecule has 0 spiro atoms. The molecule has 0 saturated heterocycles. The fourth-order valence-electron chi connectivity index (χ4n) is 4.48. The minimum Gasteiger partial charge on any atom is -0.304 e. The van der Waals surface area contributed by atoms with Crippen LogP contribution in [0, 0.1) is 19.9 Å².